The quantitative estimate of drug-likeness (QED) is 0.850. The molecule has 2 nitrogen and oxygen atoms in total. The van der Waals surface area contributed by atoms with Crippen LogP contribution in [-0.2, 0) is 5.60 Å². The zero-order valence-corrected chi connectivity index (χ0v) is 12.9. The van der Waals surface area contributed by atoms with Crippen molar-refractivity contribution in [1.82, 2.24) is 5.32 Å². The zero-order valence-electron chi connectivity index (χ0n) is 12.1. The van der Waals surface area contributed by atoms with Gasteiger partial charge in [0.25, 0.3) is 0 Å². The Morgan fingerprint density at radius 3 is 2.62 bits per heavy atom. The molecule has 4 heteroatoms. The highest BCUT2D eigenvalue weighted by Gasteiger charge is 2.34. The van der Waals surface area contributed by atoms with Gasteiger partial charge in [-0.3, -0.25) is 0 Å². The molecule has 21 heavy (non-hydrogen) atoms. The molecule has 1 aliphatic carbocycles. The molecule has 1 aromatic heterocycles. The summed E-state index contributed by atoms with van der Waals surface area (Å²) in [6, 6.07) is 10.6. The Morgan fingerprint density at radius 2 is 2.05 bits per heavy atom. The number of hydrogen-bond donors (Lipinski definition) is 2. The van der Waals surface area contributed by atoms with E-state index in [1.807, 2.05) is 0 Å². The summed E-state index contributed by atoms with van der Waals surface area (Å²) >= 11 is 1.75. The van der Waals surface area contributed by atoms with Crippen LogP contribution in [0.3, 0.4) is 0 Å². The van der Waals surface area contributed by atoms with Crippen LogP contribution in [0.5, 0.6) is 0 Å². The maximum atomic E-state index is 13.0. The van der Waals surface area contributed by atoms with Crippen LogP contribution in [0.25, 0.3) is 0 Å². The van der Waals surface area contributed by atoms with Crippen LogP contribution < -0.4 is 5.32 Å². The largest absolute Gasteiger partial charge is 0.384 e. The third kappa shape index (κ3) is 3.51. The zero-order chi connectivity index (χ0) is 14.9. The van der Waals surface area contributed by atoms with E-state index in [1.54, 1.807) is 30.4 Å². The number of aliphatic hydroxyl groups is 1. The summed E-state index contributed by atoms with van der Waals surface area (Å²) in [5, 5.41) is 16.2. The molecule has 0 amide bonds. The van der Waals surface area contributed by atoms with E-state index in [9.17, 15) is 9.50 Å². The van der Waals surface area contributed by atoms with Gasteiger partial charge in [-0.1, -0.05) is 18.2 Å². The van der Waals surface area contributed by atoms with Gasteiger partial charge in [0.05, 0.1) is 5.60 Å². The first kappa shape index (κ1) is 14.7. The third-order valence-corrected chi connectivity index (χ3v) is 5.03. The van der Waals surface area contributed by atoms with Crippen LogP contribution in [0.2, 0.25) is 0 Å². The summed E-state index contributed by atoms with van der Waals surface area (Å²) in [5.41, 5.74) is -0.268. The van der Waals surface area contributed by atoms with Gasteiger partial charge in [0, 0.05) is 17.5 Å². The molecule has 1 heterocycles. The summed E-state index contributed by atoms with van der Waals surface area (Å²) in [6.07, 6.45) is 2.49. The normalized spacial score (nSPS) is 19.2. The Labute approximate surface area is 128 Å². The first-order valence-electron chi connectivity index (χ1n) is 7.31. The molecule has 112 valence electrons. The van der Waals surface area contributed by atoms with Crippen LogP contribution >= 0.6 is 11.3 Å². The average Bonchev–Trinajstić information content (AvgIpc) is 3.14. The molecule has 0 bridgehead atoms. The molecule has 0 spiro atoms. The summed E-state index contributed by atoms with van der Waals surface area (Å²) in [5.74, 6) is 0.393. The van der Waals surface area contributed by atoms with Crippen LogP contribution in [0.1, 0.15) is 36.2 Å². The van der Waals surface area contributed by atoms with Crippen molar-refractivity contribution in [3.63, 3.8) is 0 Å². The second kappa shape index (κ2) is 5.87. The fourth-order valence-corrected chi connectivity index (χ4v) is 3.51. The molecule has 1 fully saturated rings. The second-order valence-corrected chi connectivity index (χ2v) is 6.97. The Balaban J connectivity index is 1.68. The minimum Gasteiger partial charge on any atom is -0.384 e. The highest BCUT2D eigenvalue weighted by molar-refractivity contribution is 7.10. The Morgan fingerprint density at radius 1 is 1.33 bits per heavy atom. The monoisotopic (exact) mass is 305 g/mol. The predicted octanol–water partition coefficient (Wildman–Crippen LogP) is 3.84. The lowest BCUT2D eigenvalue weighted by atomic mass is 9.95. The molecule has 0 saturated heterocycles. The topological polar surface area (TPSA) is 32.3 Å². The van der Waals surface area contributed by atoms with Crippen LogP contribution in [-0.4, -0.2) is 11.7 Å². The van der Waals surface area contributed by atoms with Crippen molar-refractivity contribution in [3.8, 4) is 0 Å². The summed E-state index contributed by atoms with van der Waals surface area (Å²) in [7, 11) is 0. The molecule has 2 unspecified atom stereocenters. The van der Waals surface area contributed by atoms with Crippen LogP contribution in [0.4, 0.5) is 4.39 Å². The van der Waals surface area contributed by atoms with Gasteiger partial charge in [-0.2, -0.15) is 0 Å². The van der Waals surface area contributed by atoms with E-state index in [4.69, 9.17) is 0 Å². The number of nitrogens with one attached hydrogen (secondary N) is 1. The lowest BCUT2D eigenvalue weighted by molar-refractivity contribution is 0.0530. The summed E-state index contributed by atoms with van der Waals surface area (Å²) in [6.45, 7) is 2.23. The number of thiophene rings is 1. The minimum absolute atomic E-state index is 0.281. The molecule has 1 aromatic carbocycles. The molecule has 2 aromatic rings. The van der Waals surface area contributed by atoms with E-state index >= 15 is 0 Å². The van der Waals surface area contributed by atoms with Crippen LogP contribution in [0, 0.1) is 11.7 Å². The maximum absolute atomic E-state index is 13.0. The smallest absolute Gasteiger partial charge is 0.123 e. The fourth-order valence-electron chi connectivity index (χ4n) is 2.62. The maximum Gasteiger partial charge on any atom is 0.123 e. The third-order valence-electron chi connectivity index (χ3n) is 4.08. The van der Waals surface area contributed by atoms with Gasteiger partial charge in [-0.25, -0.2) is 4.39 Å². The molecular weight excluding hydrogens is 285 g/mol. The van der Waals surface area contributed by atoms with E-state index in [0.717, 1.165) is 5.56 Å². The standard InChI is InChI=1S/C17H20FNOS/c1-17(20,13-6-8-14(18)9-7-13)11-19-16(12-4-5-12)15-3-2-10-21-15/h2-3,6-10,12,16,19-20H,4-5,11H2,1H3. The van der Waals surface area contributed by atoms with Crippen molar-refractivity contribution in [2.75, 3.05) is 6.54 Å². The van der Waals surface area contributed by atoms with Gasteiger partial charge in [-0.05, 0) is 54.8 Å². The lowest BCUT2D eigenvalue weighted by Crippen LogP contribution is -2.37. The first-order valence-corrected chi connectivity index (χ1v) is 8.19. The van der Waals surface area contributed by atoms with Crippen molar-refractivity contribution in [2.45, 2.75) is 31.4 Å². The van der Waals surface area contributed by atoms with Crippen molar-refractivity contribution < 1.29 is 9.50 Å². The Hall–Kier alpha value is -1.23. The summed E-state index contributed by atoms with van der Waals surface area (Å²) < 4.78 is 13.0. The highest BCUT2D eigenvalue weighted by Crippen LogP contribution is 2.42. The van der Waals surface area contributed by atoms with Gasteiger partial charge in [0.2, 0.25) is 0 Å². The molecule has 3 rings (SSSR count). The molecule has 2 N–H and O–H groups in total. The minimum atomic E-state index is -1.00. The first-order chi connectivity index (χ1) is 10.1. The molecule has 1 aliphatic rings. The van der Waals surface area contributed by atoms with Gasteiger partial charge in [-0.15, -0.1) is 11.3 Å². The van der Waals surface area contributed by atoms with E-state index in [0.29, 0.717) is 18.5 Å². The molecule has 0 aliphatic heterocycles. The van der Waals surface area contributed by atoms with Gasteiger partial charge >= 0.3 is 0 Å². The Kier molecular flexibility index (Phi) is 4.11. The lowest BCUT2D eigenvalue weighted by Gasteiger charge is -2.27. The van der Waals surface area contributed by atoms with Crippen molar-refractivity contribution in [3.05, 3.63) is 58.0 Å². The summed E-state index contributed by atoms with van der Waals surface area (Å²) in [4.78, 5) is 1.33. The number of benzene rings is 1. The van der Waals surface area contributed by atoms with Gasteiger partial charge < -0.3 is 10.4 Å². The van der Waals surface area contributed by atoms with E-state index < -0.39 is 5.60 Å². The van der Waals surface area contributed by atoms with E-state index in [-0.39, 0.29) is 5.82 Å². The number of halogens is 1. The van der Waals surface area contributed by atoms with Gasteiger partial charge in [0.15, 0.2) is 0 Å². The number of rotatable bonds is 6. The predicted molar refractivity (Wildman–Crippen MR) is 83.8 cm³/mol. The Bertz CT molecular complexity index is 575. The SMILES string of the molecule is CC(O)(CNC(c1cccs1)C1CC1)c1ccc(F)cc1. The highest BCUT2D eigenvalue weighted by atomic mass is 32.1. The molecule has 1 saturated carbocycles. The average molecular weight is 305 g/mol. The van der Waals surface area contributed by atoms with Crippen LogP contribution in [0.15, 0.2) is 41.8 Å². The molecule has 2 atom stereocenters. The number of hydrogen-bond acceptors (Lipinski definition) is 3. The van der Waals surface area contributed by atoms with Crippen molar-refractivity contribution in [1.29, 1.82) is 0 Å². The van der Waals surface area contributed by atoms with E-state index in [2.05, 4.69) is 22.8 Å². The van der Waals surface area contributed by atoms with E-state index in [1.165, 1.54) is 29.9 Å². The fraction of sp³-hybridized carbons (Fsp3) is 0.412. The van der Waals surface area contributed by atoms with Crippen molar-refractivity contribution in [2.24, 2.45) is 5.92 Å². The second-order valence-electron chi connectivity index (χ2n) is 5.99. The molecular formula is C17H20FNOS. The van der Waals surface area contributed by atoms with Gasteiger partial charge in [0.1, 0.15) is 5.82 Å². The molecule has 0 radical (unpaired) electrons. The van der Waals surface area contributed by atoms with Crippen molar-refractivity contribution >= 4 is 11.3 Å².